The van der Waals surface area contributed by atoms with Gasteiger partial charge in [0.2, 0.25) is 11.8 Å². The fourth-order valence-corrected chi connectivity index (χ4v) is 3.78. The van der Waals surface area contributed by atoms with Gasteiger partial charge in [-0.25, -0.2) is 0 Å². The van der Waals surface area contributed by atoms with E-state index in [2.05, 4.69) is 10.3 Å². The third-order valence-corrected chi connectivity index (χ3v) is 5.49. The van der Waals surface area contributed by atoms with Crippen LogP contribution in [0.15, 0.2) is 60.8 Å². The van der Waals surface area contributed by atoms with Gasteiger partial charge in [-0.1, -0.05) is 29.8 Å². The fourth-order valence-electron chi connectivity index (χ4n) is 3.57. The topological polar surface area (TPSA) is 88.3 Å². The predicted molar refractivity (Wildman–Crippen MR) is 117 cm³/mol. The number of hydrogen-bond donors (Lipinski definition) is 2. The molecule has 6 nitrogen and oxygen atoms in total. The first-order valence-electron chi connectivity index (χ1n) is 9.65. The van der Waals surface area contributed by atoms with Crippen molar-refractivity contribution in [2.45, 2.75) is 6.54 Å². The Balaban J connectivity index is 1.79. The molecule has 0 atom stereocenters. The Labute approximate surface area is 179 Å². The zero-order valence-corrected chi connectivity index (χ0v) is 17.0. The van der Waals surface area contributed by atoms with Crippen LogP contribution in [0.1, 0.15) is 15.9 Å². The summed E-state index contributed by atoms with van der Waals surface area (Å²) in [6.45, 7) is 2.18. The van der Waals surface area contributed by atoms with Crippen molar-refractivity contribution in [3.8, 4) is 22.4 Å². The van der Waals surface area contributed by atoms with Crippen molar-refractivity contribution in [1.29, 1.82) is 0 Å². The summed E-state index contributed by atoms with van der Waals surface area (Å²) in [4.78, 5) is 30.3. The number of pyridine rings is 1. The molecule has 0 spiro atoms. The summed E-state index contributed by atoms with van der Waals surface area (Å²) in [5.41, 5.74) is 10.1. The maximum atomic E-state index is 12.3. The van der Waals surface area contributed by atoms with Crippen molar-refractivity contribution in [1.82, 2.24) is 15.2 Å². The molecule has 0 bridgehead atoms. The van der Waals surface area contributed by atoms with Gasteiger partial charge in [-0.2, -0.15) is 0 Å². The standard InChI is InChI=1S/C23H21ClN4O2/c24-20-7-6-15(11-19(20)21-3-1-2-8-27-21)18-12-16(23(25)30)4-5-17(18)14-28-10-9-26-13-22(28)29/h1-8,11-12,26H,9-10,13-14H2,(H2,25,30). The molecule has 30 heavy (non-hydrogen) atoms. The second kappa shape index (κ2) is 8.65. The monoisotopic (exact) mass is 420 g/mol. The normalized spacial score (nSPS) is 14.0. The van der Waals surface area contributed by atoms with E-state index >= 15 is 0 Å². The number of piperazine rings is 1. The minimum Gasteiger partial charge on any atom is -0.366 e. The highest BCUT2D eigenvalue weighted by atomic mass is 35.5. The smallest absolute Gasteiger partial charge is 0.248 e. The number of aromatic nitrogens is 1. The Morgan fingerprint density at radius 3 is 2.73 bits per heavy atom. The highest BCUT2D eigenvalue weighted by Gasteiger charge is 2.20. The molecule has 1 aliphatic rings. The van der Waals surface area contributed by atoms with Gasteiger partial charge in [0.05, 0.1) is 12.2 Å². The highest BCUT2D eigenvalue weighted by Crippen LogP contribution is 2.34. The molecule has 0 saturated carbocycles. The lowest BCUT2D eigenvalue weighted by molar-refractivity contribution is -0.132. The van der Waals surface area contributed by atoms with E-state index in [4.69, 9.17) is 17.3 Å². The molecule has 3 aromatic rings. The minimum atomic E-state index is -0.500. The minimum absolute atomic E-state index is 0.0523. The molecule has 1 aromatic heterocycles. The zero-order valence-electron chi connectivity index (χ0n) is 16.3. The number of carbonyl (C=O) groups is 2. The van der Waals surface area contributed by atoms with Crippen molar-refractivity contribution >= 4 is 23.4 Å². The first kappa shape index (κ1) is 20.1. The van der Waals surface area contributed by atoms with Crippen molar-refractivity contribution in [3.63, 3.8) is 0 Å². The van der Waals surface area contributed by atoms with E-state index in [1.807, 2.05) is 47.4 Å². The van der Waals surface area contributed by atoms with E-state index in [1.54, 1.807) is 18.3 Å². The van der Waals surface area contributed by atoms with Crippen molar-refractivity contribution in [2.75, 3.05) is 19.6 Å². The molecule has 2 aromatic carbocycles. The maximum Gasteiger partial charge on any atom is 0.248 e. The van der Waals surface area contributed by atoms with Gasteiger partial charge < -0.3 is 16.0 Å². The number of primary amides is 1. The number of halogens is 1. The lowest BCUT2D eigenvalue weighted by atomic mass is 9.94. The molecular formula is C23H21ClN4O2. The largest absolute Gasteiger partial charge is 0.366 e. The Morgan fingerprint density at radius 1 is 1.13 bits per heavy atom. The van der Waals surface area contributed by atoms with Crippen molar-refractivity contribution in [2.24, 2.45) is 5.73 Å². The lowest BCUT2D eigenvalue weighted by Crippen LogP contribution is -2.47. The summed E-state index contributed by atoms with van der Waals surface area (Å²) in [6, 6.07) is 16.6. The fraction of sp³-hybridized carbons (Fsp3) is 0.174. The van der Waals surface area contributed by atoms with E-state index in [0.717, 1.165) is 34.5 Å². The van der Waals surface area contributed by atoms with Crippen LogP contribution in [-0.2, 0) is 11.3 Å². The van der Waals surface area contributed by atoms with Crippen LogP contribution in [0.25, 0.3) is 22.4 Å². The number of rotatable bonds is 5. The SMILES string of the molecule is NC(=O)c1ccc(CN2CCNCC2=O)c(-c2ccc(Cl)c(-c3ccccn3)c2)c1. The molecular weight excluding hydrogens is 400 g/mol. The molecule has 0 aliphatic carbocycles. The summed E-state index contributed by atoms with van der Waals surface area (Å²) < 4.78 is 0. The number of nitrogens with zero attached hydrogens (tertiary/aromatic N) is 2. The van der Waals surface area contributed by atoms with Gasteiger partial charge >= 0.3 is 0 Å². The summed E-state index contributed by atoms with van der Waals surface area (Å²) in [5.74, 6) is -0.448. The summed E-state index contributed by atoms with van der Waals surface area (Å²) >= 11 is 6.44. The quantitative estimate of drug-likeness (QED) is 0.663. The van der Waals surface area contributed by atoms with E-state index in [0.29, 0.717) is 30.2 Å². The Bertz CT molecular complexity index is 1100. The van der Waals surface area contributed by atoms with Crippen LogP contribution in [0.4, 0.5) is 0 Å². The van der Waals surface area contributed by atoms with Gasteiger partial charge in [0.15, 0.2) is 0 Å². The van der Waals surface area contributed by atoms with E-state index in [-0.39, 0.29) is 5.91 Å². The molecule has 1 saturated heterocycles. The molecule has 0 unspecified atom stereocenters. The summed E-state index contributed by atoms with van der Waals surface area (Å²) in [7, 11) is 0. The Morgan fingerprint density at radius 2 is 2.00 bits per heavy atom. The molecule has 3 N–H and O–H groups in total. The van der Waals surface area contributed by atoms with Gasteiger partial charge in [0.25, 0.3) is 0 Å². The van der Waals surface area contributed by atoms with Gasteiger partial charge in [-0.3, -0.25) is 14.6 Å². The molecule has 7 heteroatoms. The average Bonchev–Trinajstić information content (AvgIpc) is 2.76. The first-order valence-corrected chi connectivity index (χ1v) is 10.0. The molecule has 1 fully saturated rings. The number of nitrogens with two attached hydrogens (primary N) is 1. The summed E-state index contributed by atoms with van der Waals surface area (Å²) in [5, 5.41) is 3.66. The van der Waals surface area contributed by atoms with Crippen LogP contribution in [0.5, 0.6) is 0 Å². The molecule has 2 heterocycles. The molecule has 2 amide bonds. The van der Waals surface area contributed by atoms with E-state index < -0.39 is 5.91 Å². The van der Waals surface area contributed by atoms with Crippen LogP contribution >= 0.6 is 11.6 Å². The zero-order chi connectivity index (χ0) is 21.1. The number of hydrogen-bond acceptors (Lipinski definition) is 4. The van der Waals surface area contributed by atoms with Crippen LogP contribution < -0.4 is 11.1 Å². The van der Waals surface area contributed by atoms with E-state index in [1.165, 1.54) is 0 Å². The van der Waals surface area contributed by atoms with Crippen LogP contribution in [0, 0.1) is 0 Å². The molecule has 152 valence electrons. The van der Waals surface area contributed by atoms with Gasteiger partial charge in [-0.15, -0.1) is 0 Å². The Kier molecular flexibility index (Phi) is 5.79. The maximum absolute atomic E-state index is 12.3. The predicted octanol–water partition coefficient (Wildman–Crippen LogP) is 3.10. The van der Waals surface area contributed by atoms with Crippen LogP contribution in [0.3, 0.4) is 0 Å². The third-order valence-electron chi connectivity index (χ3n) is 5.16. The van der Waals surface area contributed by atoms with Crippen molar-refractivity contribution in [3.05, 3.63) is 76.9 Å². The number of benzene rings is 2. The lowest BCUT2D eigenvalue weighted by Gasteiger charge is -2.28. The number of nitrogens with one attached hydrogen (secondary N) is 1. The highest BCUT2D eigenvalue weighted by molar-refractivity contribution is 6.33. The molecule has 1 aliphatic heterocycles. The summed E-state index contributed by atoms with van der Waals surface area (Å²) in [6.07, 6.45) is 1.72. The van der Waals surface area contributed by atoms with Gasteiger partial charge in [-0.05, 0) is 53.1 Å². The van der Waals surface area contributed by atoms with Gasteiger partial charge in [0.1, 0.15) is 0 Å². The van der Waals surface area contributed by atoms with Crippen molar-refractivity contribution < 1.29 is 9.59 Å². The molecule has 4 rings (SSSR count). The number of amides is 2. The van der Waals surface area contributed by atoms with E-state index in [9.17, 15) is 9.59 Å². The second-order valence-corrected chi connectivity index (χ2v) is 7.55. The number of carbonyl (C=O) groups excluding carboxylic acids is 2. The van der Waals surface area contributed by atoms with Crippen LogP contribution in [-0.4, -0.2) is 41.3 Å². The van der Waals surface area contributed by atoms with Crippen LogP contribution in [0.2, 0.25) is 5.02 Å². The first-order chi connectivity index (χ1) is 14.5. The third kappa shape index (κ3) is 4.20. The Hall–Kier alpha value is -3.22. The second-order valence-electron chi connectivity index (χ2n) is 7.14. The van der Waals surface area contributed by atoms with Gasteiger partial charge in [0, 0.05) is 42.0 Å². The average molecular weight is 421 g/mol. The molecule has 0 radical (unpaired) electrons.